The average Bonchev–Trinajstić information content (AvgIpc) is 2.85. The highest BCUT2D eigenvalue weighted by Crippen LogP contribution is 2.10. The van der Waals surface area contributed by atoms with Crippen molar-refractivity contribution in [3.05, 3.63) is 29.8 Å². The maximum Gasteiger partial charge on any atom is 0.315 e. The zero-order chi connectivity index (χ0) is 13.0. The van der Waals surface area contributed by atoms with Gasteiger partial charge in [-0.15, -0.1) is 0 Å². The van der Waals surface area contributed by atoms with Gasteiger partial charge in [-0.1, -0.05) is 29.5 Å². The SMILES string of the molecule is Cc1ccc(NC(=O)C(=O)NC2=NCCS2)cc1. The Morgan fingerprint density at radius 1 is 1.17 bits per heavy atom. The summed E-state index contributed by atoms with van der Waals surface area (Å²) in [4.78, 5) is 27.2. The van der Waals surface area contributed by atoms with E-state index in [0.29, 0.717) is 17.4 Å². The highest BCUT2D eigenvalue weighted by atomic mass is 32.2. The van der Waals surface area contributed by atoms with Crippen LogP contribution < -0.4 is 10.6 Å². The maximum atomic E-state index is 11.6. The van der Waals surface area contributed by atoms with Gasteiger partial charge in [-0.2, -0.15) is 0 Å². The summed E-state index contributed by atoms with van der Waals surface area (Å²) in [5, 5.41) is 5.51. The number of amides is 2. The lowest BCUT2D eigenvalue weighted by Crippen LogP contribution is -2.37. The molecule has 0 radical (unpaired) electrons. The van der Waals surface area contributed by atoms with E-state index < -0.39 is 11.8 Å². The smallest absolute Gasteiger partial charge is 0.315 e. The Balaban J connectivity index is 1.90. The molecule has 0 unspecified atom stereocenters. The lowest BCUT2D eigenvalue weighted by molar-refractivity contribution is -0.135. The molecule has 0 bridgehead atoms. The molecule has 2 N–H and O–H groups in total. The van der Waals surface area contributed by atoms with Crippen molar-refractivity contribution in [2.45, 2.75) is 6.92 Å². The zero-order valence-corrected chi connectivity index (χ0v) is 10.7. The van der Waals surface area contributed by atoms with E-state index in [0.717, 1.165) is 11.3 Å². The lowest BCUT2D eigenvalue weighted by atomic mass is 10.2. The van der Waals surface area contributed by atoms with Crippen molar-refractivity contribution in [1.29, 1.82) is 0 Å². The third-order valence-corrected chi connectivity index (χ3v) is 3.21. The summed E-state index contributed by atoms with van der Waals surface area (Å²) in [6, 6.07) is 7.24. The van der Waals surface area contributed by atoms with Crippen molar-refractivity contribution in [3.63, 3.8) is 0 Å². The highest BCUT2D eigenvalue weighted by molar-refractivity contribution is 8.14. The van der Waals surface area contributed by atoms with Crippen LogP contribution in [0.1, 0.15) is 5.56 Å². The van der Waals surface area contributed by atoms with Crippen LogP contribution in [0.4, 0.5) is 5.69 Å². The van der Waals surface area contributed by atoms with Gasteiger partial charge >= 0.3 is 11.8 Å². The van der Waals surface area contributed by atoms with Crippen molar-refractivity contribution in [3.8, 4) is 0 Å². The van der Waals surface area contributed by atoms with Crippen LogP contribution in [0.2, 0.25) is 0 Å². The Morgan fingerprint density at radius 2 is 1.83 bits per heavy atom. The minimum Gasteiger partial charge on any atom is -0.318 e. The lowest BCUT2D eigenvalue weighted by Gasteiger charge is -2.05. The number of hydrogen-bond donors (Lipinski definition) is 2. The zero-order valence-electron chi connectivity index (χ0n) is 9.90. The van der Waals surface area contributed by atoms with E-state index >= 15 is 0 Å². The minimum atomic E-state index is -0.691. The van der Waals surface area contributed by atoms with Crippen molar-refractivity contribution < 1.29 is 9.59 Å². The predicted octanol–water partition coefficient (Wildman–Crippen LogP) is 1.15. The Kier molecular flexibility index (Phi) is 3.99. The molecule has 1 aliphatic heterocycles. The van der Waals surface area contributed by atoms with Crippen molar-refractivity contribution in [2.75, 3.05) is 17.6 Å². The number of benzene rings is 1. The molecule has 0 spiro atoms. The Bertz CT molecular complexity index is 497. The number of carbonyl (C=O) groups is 2. The summed E-state index contributed by atoms with van der Waals surface area (Å²) < 4.78 is 0. The molecule has 6 heteroatoms. The molecule has 0 saturated heterocycles. The summed E-state index contributed by atoms with van der Waals surface area (Å²) in [6.45, 7) is 2.63. The minimum absolute atomic E-state index is 0.513. The van der Waals surface area contributed by atoms with Gasteiger partial charge in [-0.3, -0.25) is 19.9 Å². The van der Waals surface area contributed by atoms with Gasteiger partial charge in [0.15, 0.2) is 5.17 Å². The van der Waals surface area contributed by atoms with Gasteiger partial charge in [0.05, 0.1) is 6.54 Å². The highest BCUT2D eigenvalue weighted by Gasteiger charge is 2.17. The van der Waals surface area contributed by atoms with Gasteiger partial charge in [0.2, 0.25) is 0 Å². The number of hydrogen-bond acceptors (Lipinski definition) is 4. The fourth-order valence-corrected chi connectivity index (χ4v) is 2.11. The van der Waals surface area contributed by atoms with E-state index in [2.05, 4.69) is 15.6 Å². The normalized spacial score (nSPS) is 13.9. The molecule has 0 aliphatic carbocycles. The van der Waals surface area contributed by atoms with Crippen molar-refractivity contribution in [1.82, 2.24) is 5.32 Å². The monoisotopic (exact) mass is 263 g/mol. The first kappa shape index (κ1) is 12.6. The first-order chi connectivity index (χ1) is 8.65. The number of aryl methyl sites for hydroxylation is 1. The standard InChI is InChI=1S/C12H13N3O2S/c1-8-2-4-9(5-3-8)14-10(16)11(17)15-12-13-6-7-18-12/h2-5H,6-7H2,1H3,(H,14,16)(H,13,15,17). The van der Waals surface area contributed by atoms with Gasteiger partial charge in [-0.25, -0.2) is 0 Å². The molecule has 2 amide bonds. The van der Waals surface area contributed by atoms with E-state index in [1.165, 1.54) is 11.8 Å². The first-order valence-corrected chi connectivity index (χ1v) is 6.50. The number of amidine groups is 1. The molecule has 1 aromatic carbocycles. The van der Waals surface area contributed by atoms with Crippen LogP contribution in [0.3, 0.4) is 0 Å². The Hall–Kier alpha value is -1.82. The fourth-order valence-electron chi connectivity index (χ4n) is 1.39. The van der Waals surface area contributed by atoms with Gasteiger partial charge in [0, 0.05) is 11.4 Å². The molecule has 94 valence electrons. The molecule has 18 heavy (non-hydrogen) atoms. The maximum absolute atomic E-state index is 11.6. The third-order valence-electron chi connectivity index (χ3n) is 2.32. The van der Waals surface area contributed by atoms with Crippen LogP contribution in [-0.2, 0) is 9.59 Å². The second kappa shape index (κ2) is 5.68. The quantitative estimate of drug-likeness (QED) is 0.747. The first-order valence-electron chi connectivity index (χ1n) is 5.51. The number of thioether (sulfide) groups is 1. The number of nitrogens with zero attached hydrogens (tertiary/aromatic N) is 1. The van der Waals surface area contributed by atoms with Crippen LogP contribution >= 0.6 is 11.8 Å². The number of carbonyl (C=O) groups excluding carboxylic acids is 2. The van der Waals surface area contributed by atoms with Crippen LogP contribution in [0, 0.1) is 6.92 Å². The van der Waals surface area contributed by atoms with Gasteiger partial charge in [0.25, 0.3) is 0 Å². The molecule has 1 heterocycles. The third kappa shape index (κ3) is 3.33. The fraction of sp³-hybridized carbons (Fsp3) is 0.250. The molecule has 1 aromatic rings. The van der Waals surface area contributed by atoms with Crippen molar-refractivity contribution in [2.24, 2.45) is 4.99 Å². The topological polar surface area (TPSA) is 70.6 Å². The van der Waals surface area contributed by atoms with E-state index in [-0.39, 0.29) is 0 Å². The van der Waals surface area contributed by atoms with Crippen LogP contribution in [0.5, 0.6) is 0 Å². The van der Waals surface area contributed by atoms with Crippen LogP contribution in [0.15, 0.2) is 29.3 Å². The van der Waals surface area contributed by atoms with Crippen LogP contribution in [0.25, 0.3) is 0 Å². The Morgan fingerprint density at radius 3 is 2.44 bits per heavy atom. The van der Waals surface area contributed by atoms with E-state index in [9.17, 15) is 9.59 Å². The molecule has 5 nitrogen and oxygen atoms in total. The largest absolute Gasteiger partial charge is 0.318 e. The summed E-state index contributed by atoms with van der Waals surface area (Å²) in [5.74, 6) is -0.535. The number of aliphatic imine (C=N–C) groups is 1. The summed E-state index contributed by atoms with van der Waals surface area (Å²) in [7, 11) is 0. The summed E-state index contributed by atoms with van der Waals surface area (Å²) in [6.07, 6.45) is 0. The molecule has 2 rings (SSSR count). The molecule has 0 saturated carbocycles. The molecular weight excluding hydrogens is 250 g/mol. The summed E-state index contributed by atoms with van der Waals surface area (Å²) >= 11 is 1.43. The molecule has 1 aliphatic rings. The number of anilines is 1. The Labute approximate surface area is 109 Å². The van der Waals surface area contributed by atoms with Gasteiger partial charge in [0.1, 0.15) is 0 Å². The van der Waals surface area contributed by atoms with Crippen molar-refractivity contribution >= 4 is 34.4 Å². The van der Waals surface area contributed by atoms with E-state index in [1.54, 1.807) is 12.1 Å². The molecular formula is C12H13N3O2S. The molecule has 0 atom stereocenters. The van der Waals surface area contributed by atoms with Gasteiger partial charge < -0.3 is 5.32 Å². The second-order valence-electron chi connectivity index (χ2n) is 3.81. The number of nitrogens with one attached hydrogen (secondary N) is 2. The summed E-state index contributed by atoms with van der Waals surface area (Å²) in [5.41, 5.74) is 1.69. The van der Waals surface area contributed by atoms with E-state index in [1.807, 2.05) is 19.1 Å². The average molecular weight is 263 g/mol. The molecule has 0 aromatic heterocycles. The van der Waals surface area contributed by atoms with Gasteiger partial charge in [-0.05, 0) is 19.1 Å². The predicted molar refractivity (Wildman–Crippen MR) is 72.7 cm³/mol. The van der Waals surface area contributed by atoms with Crippen LogP contribution in [-0.4, -0.2) is 29.3 Å². The van der Waals surface area contributed by atoms with E-state index in [4.69, 9.17) is 0 Å². The number of rotatable bonds is 1. The molecule has 0 fully saturated rings. The second-order valence-corrected chi connectivity index (χ2v) is 4.89.